The number of amides is 1. The molecule has 1 amide bonds. The first-order valence-corrected chi connectivity index (χ1v) is 10.9. The van der Waals surface area contributed by atoms with Crippen molar-refractivity contribution in [1.82, 2.24) is 20.9 Å². The van der Waals surface area contributed by atoms with Gasteiger partial charge in [0.1, 0.15) is 0 Å². The van der Waals surface area contributed by atoms with Gasteiger partial charge in [-0.3, -0.25) is 14.7 Å². The number of piperidine rings is 1. The summed E-state index contributed by atoms with van der Waals surface area (Å²) in [5.74, 6) is 0.857. The van der Waals surface area contributed by atoms with Crippen LogP contribution in [0, 0.1) is 5.41 Å². The minimum atomic E-state index is -0.507. The normalized spacial score (nSPS) is 20.8. The van der Waals surface area contributed by atoms with Crippen LogP contribution in [0.3, 0.4) is 0 Å². The van der Waals surface area contributed by atoms with Gasteiger partial charge in [0.2, 0.25) is 5.91 Å². The summed E-state index contributed by atoms with van der Waals surface area (Å²) < 4.78 is 0. The second-order valence-electron chi connectivity index (χ2n) is 8.84. The molecule has 0 radical (unpaired) electrons. The molecule has 0 bridgehead atoms. The van der Waals surface area contributed by atoms with Crippen LogP contribution in [0.1, 0.15) is 72.1 Å². The summed E-state index contributed by atoms with van der Waals surface area (Å²) in [4.78, 5) is 19.5. The van der Waals surface area contributed by atoms with Crippen LogP contribution in [-0.2, 0) is 4.79 Å². The molecular weight excluding hydrogens is 465 g/mol. The van der Waals surface area contributed by atoms with Gasteiger partial charge < -0.3 is 16.0 Å². The Morgan fingerprint density at radius 1 is 1.04 bits per heavy atom. The zero-order chi connectivity index (χ0) is 19.8. The summed E-state index contributed by atoms with van der Waals surface area (Å²) in [6.07, 6.45) is 10.6. The Morgan fingerprint density at radius 2 is 1.64 bits per heavy atom. The highest BCUT2D eigenvalue weighted by atomic mass is 127. The van der Waals surface area contributed by atoms with Gasteiger partial charge in [-0.05, 0) is 59.5 Å². The Balaban J connectivity index is 0.00000392. The van der Waals surface area contributed by atoms with Crippen molar-refractivity contribution in [2.75, 3.05) is 39.8 Å². The summed E-state index contributed by atoms with van der Waals surface area (Å²) in [6, 6.07) is 0. The quantitative estimate of drug-likeness (QED) is 0.282. The lowest BCUT2D eigenvalue weighted by Gasteiger charge is -2.48. The molecule has 1 aliphatic carbocycles. The van der Waals surface area contributed by atoms with E-state index in [-0.39, 0.29) is 35.4 Å². The van der Waals surface area contributed by atoms with E-state index in [2.05, 4.69) is 27.8 Å². The van der Waals surface area contributed by atoms with Crippen molar-refractivity contribution in [2.24, 2.45) is 10.4 Å². The third kappa shape index (κ3) is 7.04. The molecule has 1 saturated carbocycles. The molecular formula is C21H42IN5O. The summed E-state index contributed by atoms with van der Waals surface area (Å²) in [7, 11) is 1.68. The van der Waals surface area contributed by atoms with Crippen LogP contribution < -0.4 is 16.0 Å². The van der Waals surface area contributed by atoms with Crippen LogP contribution in [0.5, 0.6) is 0 Å². The second kappa shape index (κ2) is 12.2. The Kier molecular flexibility index (Phi) is 11.1. The van der Waals surface area contributed by atoms with E-state index in [1.54, 1.807) is 7.05 Å². The second-order valence-corrected chi connectivity index (χ2v) is 8.84. The average molecular weight is 508 g/mol. The topological polar surface area (TPSA) is 68.8 Å². The fourth-order valence-corrected chi connectivity index (χ4v) is 4.46. The van der Waals surface area contributed by atoms with E-state index in [1.807, 2.05) is 13.8 Å². The van der Waals surface area contributed by atoms with E-state index in [4.69, 9.17) is 4.99 Å². The summed E-state index contributed by atoms with van der Waals surface area (Å²) in [6.45, 7) is 10.7. The van der Waals surface area contributed by atoms with Gasteiger partial charge in [-0.25, -0.2) is 0 Å². The Labute approximate surface area is 189 Å². The van der Waals surface area contributed by atoms with Crippen molar-refractivity contribution in [2.45, 2.75) is 77.7 Å². The monoisotopic (exact) mass is 507 g/mol. The number of guanidine groups is 1. The van der Waals surface area contributed by atoms with Gasteiger partial charge in [0.05, 0.1) is 12.0 Å². The maximum atomic E-state index is 12.0. The number of nitrogens with zero attached hydrogens (tertiary/aromatic N) is 2. The first-order chi connectivity index (χ1) is 12.9. The summed E-state index contributed by atoms with van der Waals surface area (Å²) >= 11 is 0. The number of hydrogen-bond donors (Lipinski definition) is 3. The van der Waals surface area contributed by atoms with Crippen molar-refractivity contribution in [1.29, 1.82) is 0 Å². The molecule has 0 aromatic heterocycles. The number of aliphatic imine (C=N–C) groups is 1. The van der Waals surface area contributed by atoms with Crippen molar-refractivity contribution in [3.63, 3.8) is 0 Å². The Bertz CT molecular complexity index is 497. The number of hydrogen-bond acceptors (Lipinski definition) is 3. The van der Waals surface area contributed by atoms with Gasteiger partial charge in [0.25, 0.3) is 0 Å². The van der Waals surface area contributed by atoms with E-state index < -0.39 is 5.41 Å². The van der Waals surface area contributed by atoms with Crippen molar-refractivity contribution >= 4 is 35.8 Å². The molecule has 1 saturated heterocycles. The molecule has 2 rings (SSSR count). The van der Waals surface area contributed by atoms with Crippen LogP contribution >= 0.6 is 24.0 Å². The maximum Gasteiger partial charge on any atom is 0.227 e. The molecule has 3 N–H and O–H groups in total. The predicted octanol–water partition coefficient (Wildman–Crippen LogP) is 3.12. The van der Waals surface area contributed by atoms with Gasteiger partial charge in [0, 0.05) is 25.7 Å². The molecule has 1 heterocycles. The highest BCUT2D eigenvalue weighted by Crippen LogP contribution is 2.35. The molecule has 0 unspecified atom stereocenters. The number of likely N-dealkylation sites (tertiary alicyclic amines) is 1. The standard InChI is InChI=1S/C21H41N5O.HI/c1-5-23-19(24-16-20(2,3)18(27)22-4)25-17-21(12-8-6-9-13-21)26-14-10-7-11-15-26;/h5-17H2,1-4H3,(H,22,27)(H2,23,24,25);1H. The Hall–Kier alpha value is -0.570. The van der Waals surface area contributed by atoms with E-state index >= 15 is 0 Å². The number of carbonyl (C=O) groups is 1. The van der Waals surface area contributed by atoms with Gasteiger partial charge in [0.15, 0.2) is 5.96 Å². The number of nitrogens with one attached hydrogen (secondary N) is 3. The number of rotatable bonds is 7. The van der Waals surface area contributed by atoms with Gasteiger partial charge in [-0.2, -0.15) is 0 Å². The molecule has 0 aromatic rings. The predicted molar refractivity (Wildman–Crippen MR) is 128 cm³/mol. The zero-order valence-electron chi connectivity index (χ0n) is 18.4. The molecule has 164 valence electrons. The molecule has 0 spiro atoms. The third-order valence-corrected chi connectivity index (χ3v) is 6.21. The maximum absolute atomic E-state index is 12.0. The van der Waals surface area contributed by atoms with Crippen molar-refractivity contribution < 1.29 is 4.79 Å². The van der Waals surface area contributed by atoms with Crippen molar-refractivity contribution in [3.05, 3.63) is 0 Å². The molecule has 6 nitrogen and oxygen atoms in total. The fourth-order valence-electron chi connectivity index (χ4n) is 4.46. The highest BCUT2D eigenvalue weighted by Gasteiger charge is 2.38. The lowest BCUT2D eigenvalue weighted by molar-refractivity contribution is -0.128. The van der Waals surface area contributed by atoms with E-state index in [9.17, 15) is 4.79 Å². The minimum absolute atomic E-state index is 0. The van der Waals surface area contributed by atoms with Crippen LogP contribution in [0.15, 0.2) is 4.99 Å². The molecule has 2 fully saturated rings. The lowest BCUT2D eigenvalue weighted by atomic mass is 9.79. The first kappa shape index (κ1) is 25.5. The summed E-state index contributed by atoms with van der Waals surface area (Å²) in [5, 5.41) is 9.72. The smallest absolute Gasteiger partial charge is 0.227 e. The van der Waals surface area contributed by atoms with E-state index in [1.165, 1.54) is 64.5 Å². The van der Waals surface area contributed by atoms with Crippen LogP contribution in [0.2, 0.25) is 0 Å². The molecule has 0 aromatic carbocycles. The number of carbonyl (C=O) groups excluding carboxylic acids is 1. The minimum Gasteiger partial charge on any atom is -0.359 e. The van der Waals surface area contributed by atoms with Gasteiger partial charge in [-0.1, -0.05) is 25.7 Å². The van der Waals surface area contributed by atoms with E-state index in [0.717, 1.165) is 19.0 Å². The molecule has 7 heteroatoms. The number of halogens is 1. The molecule has 2 aliphatic rings. The van der Waals surface area contributed by atoms with Gasteiger partial charge >= 0.3 is 0 Å². The fraction of sp³-hybridized carbons (Fsp3) is 0.905. The van der Waals surface area contributed by atoms with Crippen molar-refractivity contribution in [3.8, 4) is 0 Å². The van der Waals surface area contributed by atoms with Crippen LogP contribution in [0.4, 0.5) is 0 Å². The van der Waals surface area contributed by atoms with E-state index in [0.29, 0.717) is 6.54 Å². The zero-order valence-corrected chi connectivity index (χ0v) is 20.7. The first-order valence-electron chi connectivity index (χ1n) is 10.9. The highest BCUT2D eigenvalue weighted by molar-refractivity contribution is 14.0. The summed E-state index contributed by atoms with van der Waals surface area (Å²) in [5.41, 5.74) is -0.238. The SMILES string of the molecule is CCNC(=NCC(C)(C)C(=O)NC)NCC1(N2CCCCC2)CCCCC1.I. The van der Waals surface area contributed by atoms with Crippen LogP contribution in [0.25, 0.3) is 0 Å². The average Bonchev–Trinajstić information content (AvgIpc) is 2.70. The Morgan fingerprint density at radius 3 is 2.21 bits per heavy atom. The molecule has 0 atom stereocenters. The third-order valence-electron chi connectivity index (χ3n) is 6.21. The van der Waals surface area contributed by atoms with Crippen LogP contribution in [-0.4, -0.2) is 62.1 Å². The lowest BCUT2D eigenvalue weighted by Crippen LogP contribution is -2.59. The largest absolute Gasteiger partial charge is 0.359 e. The molecule has 1 aliphatic heterocycles. The van der Waals surface area contributed by atoms with Gasteiger partial charge in [-0.15, -0.1) is 24.0 Å². The molecule has 28 heavy (non-hydrogen) atoms.